The third-order valence-corrected chi connectivity index (χ3v) is 5.86. The Morgan fingerprint density at radius 3 is 2.14 bits per heavy atom. The number of hydrogen-bond acceptors (Lipinski definition) is 5. The molecule has 0 radical (unpaired) electrons. The van der Waals surface area contributed by atoms with E-state index in [1.54, 1.807) is 43.3 Å². The molecule has 4 rings (SSSR count). The number of sulfonamides is 1. The fourth-order valence-corrected chi connectivity index (χ4v) is 4.08. The number of hydrogen-bond donors (Lipinski definition) is 1. The Morgan fingerprint density at radius 1 is 0.897 bits per heavy atom. The normalized spacial score (nSPS) is 14.4. The highest BCUT2D eigenvalue weighted by atomic mass is 32.2. The zero-order valence-electron chi connectivity index (χ0n) is 15.5. The van der Waals surface area contributed by atoms with Crippen LogP contribution in [-0.2, 0) is 10.0 Å². The van der Waals surface area contributed by atoms with E-state index in [-0.39, 0.29) is 17.2 Å². The van der Waals surface area contributed by atoms with Gasteiger partial charge in [0, 0.05) is 0 Å². The summed E-state index contributed by atoms with van der Waals surface area (Å²) >= 11 is 0. The molecule has 3 aromatic rings. The smallest absolute Gasteiger partial charge is 0.269 e. The molecule has 146 valence electrons. The Balaban J connectivity index is 1.51. The maximum atomic E-state index is 12.6. The second kappa shape index (κ2) is 7.14. The van der Waals surface area contributed by atoms with E-state index in [0.29, 0.717) is 11.1 Å². The van der Waals surface area contributed by atoms with E-state index in [4.69, 9.17) is 0 Å². The van der Waals surface area contributed by atoms with E-state index in [2.05, 4.69) is 9.93 Å². The van der Waals surface area contributed by atoms with Gasteiger partial charge in [-0.15, -0.1) is 0 Å². The Labute approximate surface area is 167 Å². The van der Waals surface area contributed by atoms with Gasteiger partial charge in [0.15, 0.2) is 0 Å². The van der Waals surface area contributed by atoms with Gasteiger partial charge in [-0.2, -0.15) is 13.5 Å². The molecule has 0 unspecified atom stereocenters. The largest absolute Gasteiger partial charge is 0.276 e. The molecule has 29 heavy (non-hydrogen) atoms. The molecule has 1 aliphatic rings. The third kappa shape index (κ3) is 3.50. The molecule has 0 fully saturated rings. The molecule has 7 nitrogen and oxygen atoms in total. The summed E-state index contributed by atoms with van der Waals surface area (Å²) in [5.41, 5.74) is 0.952. The highest BCUT2D eigenvalue weighted by Crippen LogP contribution is 2.22. The first-order valence-electron chi connectivity index (χ1n) is 8.86. The van der Waals surface area contributed by atoms with Crippen molar-refractivity contribution >= 4 is 38.3 Å². The summed E-state index contributed by atoms with van der Waals surface area (Å²) in [5, 5.41) is 5.60. The predicted molar refractivity (Wildman–Crippen MR) is 109 cm³/mol. The number of carbonyl (C=O) groups excluding carboxylic acids is 2. The molecule has 1 aliphatic heterocycles. The molecule has 0 spiro atoms. The zero-order valence-corrected chi connectivity index (χ0v) is 16.3. The third-order valence-electron chi connectivity index (χ3n) is 4.65. The molecule has 0 saturated carbocycles. The first-order valence-corrected chi connectivity index (χ1v) is 10.3. The topological polar surface area (TPSA) is 95.9 Å². The first kappa shape index (κ1) is 18.8. The molecular weight excluding hydrogens is 390 g/mol. The van der Waals surface area contributed by atoms with E-state index in [0.717, 1.165) is 15.7 Å². The molecule has 0 atom stereocenters. The van der Waals surface area contributed by atoms with Crippen LogP contribution in [-0.4, -0.2) is 37.4 Å². The van der Waals surface area contributed by atoms with Gasteiger partial charge < -0.3 is 0 Å². The van der Waals surface area contributed by atoms with Gasteiger partial charge in [-0.1, -0.05) is 42.5 Å². The standard InChI is InChI=1S/C21H17N3O4S/c1-14(13-24-20(25)18-8-4-5-9-19(18)21(24)26)22-23-29(27,28)17-11-10-15-6-2-3-7-16(15)12-17/h2-12,23H,13H2,1H3/b22-14-. The van der Waals surface area contributed by atoms with Crippen LogP contribution in [0.25, 0.3) is 10.8 Å². The van der Waals surface area contributed by atoms with Crippen LogP contribution < -0.4 is 4.83 Å². The first-order chi connectivity index (χ1) is 13.9. The van der Waals surface area contributed by atoms with Crippen molar-refractivity contribution in [1.29, 1.82) is 0 Å². The van der Waals surface area contributed by atoms with E-state index in [1.807, 2.05) is 24.3 Å². The lowest BCUT2D eigenvalue weighted by Crippen LogP contribution is -2.35. The number of imide groups is 1. The molecule has 2 amide bonds. The average Bonchev–Trinajstić information content (AvgIpc) is 2.97. The van der Waals surface area contributed by atoms with Crippen LogP contribution in [0.5, 0.6) is 0 Å². The lowest BCUT2D eigenvalue weighted by atomic mass is 10.1. The average molecular weight is 407 g/mol. The fraction of sp³-hybridized carbons (Fsp3) is 0.0952. The minimum absolute atomic E-state index is 0.0773. The van der Waals surface area contributed by atoms with Gasteiger partial charge in [-0.3, -0.25) is 14.5 Å². The molecule has 3 aromatic carbocycles. The Hall–Kier alpha value is -3.52. The highest BCUT2D eigenvalue weighted by Gasteiger charge is 2.35. The van der Waals surface area contributed by atoms with Gasteiger partial charge in [0.1, 0.15) is 0 Å². The van der Waals surface area contributed by atoms with Crippen LogP contribution in [0.1, 0.15) is 27.6 Å². The number of carbonyl (C=O) groups is 2. The minimum atomic E-state index is -3.89. The number of fused-ring (bicyclic) bond motifs is 2. The number of rotatable bonds is 5. The lowest BCUT2D eigenvalue weighted by Gasteiger charge is -2.13. The number of nitrogens with one attached hydrogen (secondary N) is 1. The van der Waals surface area contributed by atoms with Crippen LogP contribution in [0.15, 0.2) is 76.7 Å². The number of hydrazone groups is 1. The molecule has 8 heteroatoms. The SMILES string of the molecule is C/C(CN1C(=O)c2ccccc2C1=O)=N/NS(=O)(=O)c1ccc2ccccc2c1. The Kier molecular flexibility index (Phi) is 4.63. The molecule has 0 aliphatic carbocycles. The van der Waals surface area contributed by atoms with Crippen molar-refractivity contribution in [1.82, 2.24) is 9.73 Å². The van der Waals surface area contributed by atoms with Gasteiger partial charge in [-0.05, 0) is 42.0 Å². The van der Waals surface area contributed by atoms with E-state index in [9.17, 15) is 18.0 Å². The Bertz CT molecular complexity index is 1250. The Morgan fingerprint density at radius 2 is 1.48 bits per heavy atom. The second-order valence-electron chi connectivity index (χ2n) is 6.69. The molecule has 0 bridgehead atoms. The summed E-state index contributed by atoms with van der Waals surface area (Å²) in [6, 6.07) is 18.8. The van der Waals surface area contributed by atoms with Crippen molar-refractivity contribution in [2.24, 2.45) is 5.10 Å². The maximum Gasteiger partial charge on any atom is 0.276 e. The number of amides is 2. The molecular formula is C21H17N3O4S. The molecule has 1 N–H and O–H groups in total. The van der Waals surface area contributed by atoms with Gasteiger partial charge in [0.05, 0.1) is 28.3 Å². The minimum Gasteiger partial charge on any atom is -0.269 e. The fourth-order valence-electron chi connectivity index (χ4n) is 3.17. The quantitative estimate of drug-likeness (QED) is 0.400. The zero-order chi connectivity index (χ0) is 20.6. The number of nitrogens with zero attached hydrogens (tertiary/aromatic N) is 2. The molecule has 0 saturated heterocycles. The summed E-state index contributed by atoms with van der Waals surface area (Å²) in [6.45, 7) is 1.44. The van der Waals surface area contributed by atoms with Crippen LogP contribution in [0.2, 0.25) is 0 Å². The summed E-state index contributed by atoms with van der Waals surface area (Å²) in [7, 11) is -3.89. The van der Waals surface area contributed by atoms with Gasteiger partial charge in [0.2, 0.25) is 0 Å². The monoisotopic (exact) mass is 407 g/mol. The van der Waals surface area contributed by atoms with Crippen LogP contribution in [0, 0.1) is 0 Å². The van der Waals surface area contributed by atoms with Crippen molar-refractivity contribution in [2.45, 2.75) is 11.8 Å². The second-order valence-corrected chi connectivity index (χ2v) is 8.35. The summed E-state index contributed by atoms with van der Waals surface area (Å²) in [4.78, 5) is 28.1. The van der Waals surface area contributed by atoms with Crippen molar-refractivity contribution < 1.29 is 18.0 Å². The summed E-state index contributed by atoms with van der Waals surface area (Å²) < 4.78 is 25.1. The van der Waals surface area contributed by atoms with Gasteiger partial charge in [0.25, 0.3) is 21.8 Å². The van der Waals surface area contributed by atoms with Crippen molar-refractivity contribution in [3.05, 3.63) is 77.9 Å². The summed E-state index contributed by atoms with van der Waals surface area (Å²) in [5.74, 6) is -0.838. The predicted octanol–water partition coefficient (Wildman–Crippen LogP) is 2.79. The molecule has 1 heterocycles. The lowest BCUT2D eigenvalue weighted by molar-refractivity contribution is 0.0677. The summed E-state index contributed by atoms with van der Waals surface area (Å²) in [6.07, 6.45) is 0. The van der Waals surface area contributed by atoms with Crippen LogP contribution in [0.4, 0.5) is 0 Å². The van der Waals surface area contributed by atoms with E-state index in [1.165, 1.54) is 6.07 Å². The maximum absolute atomic E-state index is 12.6. The highest BCUT2D eigenvalue weighted by molar-refractivity contribution is 7.89. The van der Waals surface area contributed by atoms with Crippen molar-refractivity contribution in [3.63, 3.8) is 0 Å². The van der Waals surface area contributed by atoms with Crippen molar-refractivity contribution in [3.8, 4) is 0 Å². The van der Waals surface area contributed by atoms with Crippen LogP contribution in [0.3, 0.4) is 0 Å². The van der Waals surface area contributed by atoms with Gasteiger partial charge in [-0.25, -0.2) is 4.83 Å². The van der Waals surface area contributed by atoms with Gasteiger partial charge >= 0.3 is 0 Å². The van der Waals surface area contributed by atoms with E-state index >= 15 is 0 Å². The van der Waals surface area contributed by atoms with Crippen LogP contribution >= 0.6 is 0 Å². The number of benzene rings is 3. The van der Waals surface area contributed by atoms with Crippen molar-refractivity contribution in [2.75, 3.05) is 6.54 Å². The van der Waals surface area contributed by atoms with E-state index < -0.39 is 21.8 Å². The molecule has 0 aromatic heterocycles.